The van der Waals surface area contributed by atoms with Gasteiger partial charge >= 0.3 is 5.76 Å². The zero-order valence-corrected chi connectivity index (χ0v) is 13.1. The van der Waals surface area contributed by atoms with Crippen molar-refractivity contribution in [3.05, 3.63) is 56.6 Å². The predicted octanol–water partition coefficient (Wildman–Crippen LogP) is 2.89. The van der Waals surface area contributed by atoms with Gasteiger partial charge in [0.05, 0.1) is 10.7 Å². The van der Waals surface area contributed by atoms with Gasteiger partial charge < -0.3 is 10.5 Å². The Hall–Kier alpha value is -2.51. The summed E-state index contributed by atoms with van der Waals surface area (Å²) >= 11 is 11.9. The van der Waals surface area contributed by atoms with Gasteiger partial charge in [0.25, 0.3) is 0 Å². The number of pyridine rings is 1. The third-order valence-electron chi connectivity index (χ3n) is 2.93. The predicted molar refractivity (Wildman–Crippen MR) is 85.6 cm³/mol. The fourth-order valence-electron chi connectivity index (χ4n) is 1.88. The van der Waals surface area contributed by atoms with Crippen LogP contribution in [-0.4, -0.2) is 15.1 Å². The Balaban J connectivity index is 1.73. The van der Waals surface area contributed by atoms with E-state index < -0.39 is 5.76 Å². The average Bonchev–Trinajstić information content (AvgIpc) is 2.93. The van der Waals surface area contributed by atoms with E-state index in [4.69, 9.17) is 33.7 Å². The summed E-state index contributed by atoms with van der Waals surface area (Å²) in [5.74, 6) is -0.0181. The zero-order chi connectivity index (χ0) is 16.4. The van der Waals surface area contributed by atoms with Crippen molar-refractivity contribution in [2.75, 3.05) is 5.73 Å². The molecule has 0 spiro atoms. The molecular weight excluding hydrogens is 343 g/mol. The molecule has 0 aliphatic rings. The third-order valence-corrected chi connectivity index (χ3v) is 3.43. The number of nitrogens with one attached hydrogen (secondary N) is 1. The van der Waals surface area contributed by atoms with E-state index in [1.54, 1.807) is 30.5 Å². The van der Waals surface area contributed by atoms with Crippen LogP contribution in [0.4, 0.5) is 5.69 Å². The highest BCUT2D eigenvalue weighted by Crippen LogP contribution is 2.34. The topological polar surface area (TPSA) is 107 Å². The van der Waals surface area contributed by atoms with E-state index >= 15 is 0 Å². The Morgan fingerprint density at radius 2 is 2.13 bits per heavy atom. The largest absolute Gasteiger partial charge is 0.485 e. The smallest absolute Gasteiger partial charge is 0.439 e. The van der Waals surface area contributed by atoms with Crippen molar-refractivity contribution in [1.82, 2.24) is 15.1 Å². The fraction of sp³-hybridized carbons (Fsp3) is 0.0714. The summed E-state index contributed by atoms with van der Waals surface area (Å²) in [5.41, 5.74) is 7.44. The lowest BCUT2D eigenvalue weighted by atomic mass is 10.2. The van der Waals surface area contributed by atoms with Crippen molar-refractivity contribution in [2.24, 2.45) is 0 Å². The van der Waals surface area contributed by atoms with Crippen LogP contribution in [0.15, 0.2) is 39.8 Å². The van der Waals surface area contributed by atoms with E-state index in [-0.39, 0.29) is 12.4 Å². The lowest BCUT2D eigenvalue weighted by molar-refractivity contribution is 0.307. The average molecular weight is 353 g/mol. The van der Waals surface area contributed by atoms with Crippen molar-refractivity contribution in [2.45, 2.75) is 6.61 Å². The lowest BCUT2D eigenvalue weighted by Crippen LogP contribution is -2.00. The molecule has 7 nitrogen and oxygen atoms in total. The molecule has 3 rings (SSSR count). The van der Waals surface area contributed by atoms with Crippen LogP contribution in [0.1, 0.15) is 5.56 Å². The number of hydrogen-bond donors (Lipinski definition) is 2. The second kappa shape index (κ2) is 6.31. The minimum Gasteiger partial charge on any atom is -0.485 e. The molecule has 0 fully saturated rings. The quantitative estimate of drug-likeness (QED) is 0.699. The van der Waals surface area contributed by atoms with Crippen LogP contribution >= 0.6 is 23.2 Å². The van der Waals surface area contributed by atoms with Crippen LogP contribution < -0.4 is 16.2 Å². The number of aromatic nitrogens is 3. The number of aromatic amines is 1. The molecular formula is C14H10Cl2N4O3. The number of benzene rings is 1. The first-order valence-corrected chi connectivity index (χ1v) is 7.17. The van der Waals surface area contributed by atoms with Gasteiger partial charge in [0, 0.05) is 16.8 Å². The van der Waals surface area contributed by atoms with Gasteiger partial charge in [0.2, 0.25) is 5.82 Å². The maximum Gasteiger partial charge on any atom is 0.439 e. The van der Waals surface area contributed by atoms with Crippen molar-refractivity contribution >= 4 is 28.9 Å². The first kappa shape index (κ1) is 15.4. The highest BCUT2D eigenvalue weighted by atomic mass is 35.5. The summed E-state index contributed by atoms with van der Waals surface area (Å²) in [6.45, 7) is 0.216. The summed E-state index contributed by atoms with van der Waals surface area (Å²) in [5, 5.41) is 4.33. The molecule has 0 aliphatic heterocycles. The van der Waals surface area contributed by atoms with Gasteiger partial charge in [0.1, 0.15) is 12.3 Å². The summed E-state index contributed by atoms with van der Waals surface area (Å²) in [6, 6.07) is 6.57. The van der Waals surface area contributed by atoms with Crippen molar-refractivity contribution in [3.63, 3.8) is 0 Å². The van der Waals surface area contributed by atoms with E-state index in [2.05, 4.69) is 19.6 Å². The highest BCUT2D eigenvalue weighted by molar-refractivity contribution is 6.36. The van der Waals surface area contributed by atoms with Crippen LogP contribution in [0, 0.1) is 0 Å². The Labute approximate surface area is 140 Å². The van der Waals surface area contributed by atoms with Crippen LogP contribution in [-0.2, 0) is 6.61 Å². The third kappa shape index (κ3) is 3.46. The van der Waals surface area contributed by atoms with E-state index in [1.165, 1.54) is 0 Å². The Morgan fingerprint density at radius 3 is 2.74 bits per heavy atom. The van der Waals surface area contributed by atoms with Crippen LogP contribution in [0.3, 0.4) is 0 Å². The first-order chi connectivity index (χ1) is 11.0. The van der Waals surface area contributed by atoms with Crippen LogP contribution in [0.2, 0.25) is 10.0 Å². The van der Waals surface area contributed by atoms with Gasteiger partial charge in [-0.25, -0.2) is 4.79 Å². The molecule has 1 aromatic carbocycles. The normalized spacial score (nSPS) is 10.7. The molecule has 2 aromatic heterocycles. The standard InChI is InChI=1S/C14H10Cl2N4O3/c15-8-3-9(16)12(10(17)4-8)22-6-7-1-2-11(18-5-7)13-19-14(21)23-20-13/h1-5H,6,17H2,(H,19,20,21). The molecule has 0 atom stereocenters. The molecule has 118 valence electrons. The summed E-state index contributed by atoms with van der Waals surface area (Å²) in [6.07, 6.45) is 1.59. The number of rotatable bonds is 4. The van der Waals surface area contributed by atoms with Crippen molar-refractivity contribution < 1.29 is 9.26 Å². The number of nitrogen functional groups attached to an aromatic ring is 1. The van der Waals surface area contributed by atoms with Crippen LogP contribution in [0.5, 0.6) is 5.75 Å². The van der Waals surface area contributed by atoms with E-state index in [1.807, 2.05) is 0 Å². The van der Waals surface area contributed by atoms with Gasteiger partial charge in [-0.1, -0.05) is 34.4 Å². The maximum absolute atomic E-state index is 10.9. The molecule has 9 heteroatoms. The number of nitrogens with zero attached hydrogens (tertiary/aromatic N) is 2. The second-order valence-corrected chi connectivity index (χ2v) is 5.43. The van der Waals surface area contributed by atoms with E-state index in [0.717, 1.165) is 5.56 Å². The maximum atomic E-state index is 10.9. The molecule has 0 saturated carbocycles. The van der Waals surface area contributed by atoms with Gasteiger partial charge in [-0.05, 0) is 18.2 Å². The van der Waals surface area contributed by atoms with Crippen molar-refractivity contribution in [3.8, 4) is 17.3 Å². The van der Waals surface area contributed by atoms with Gasteiger partial charge in [-0.3, -0.25) is 14.5 Å². The molecule has 2 heterocycles. The molecule has 0 bridgehead atoms. The van der Waals surface area contributed by atoms with E-state index in [9.17, 15) is 4.79 Å². The minimum absolute atomic E-state index is 0.216. The number of anilines is 1. The Kier molecular flexibility index (Phi) is 4.22. The number of halogens is 2. The summed E-state index contributed by atoms with van der Waals surface area (Å²) in [4.78, 5) is 17.5. The molecule has 0 radical (unpaired) electrons. The molecule has 23 heavy (non-hydrogen) atoms. The number of hydrogen-bond acceptors (Lipinski definition) is 6. The van der Waals surface area contributed by atoms with Crippen molar-refractivity contribution in [1.29, 1.82) is 0 Å². The molecule has 3 N–H and O–H groups in total. The van der Waals surface area contributed by atoms with Gasteiger partial charge in [0.15, 0.2) is 5.75 Å². The Bertz CT molecular complexity index is 867. The Morgan fingerprint density at radius 1 is 1.30 bits per heavy atom. The summed E-state index contributed by atoms with van der Waals surface area (Å²) < 4.78 is 10.0. The monoisotopic (exact) mass is 352 g/mol. The molecule has 0 aliphatic carbocycles. The molecule has 0 unspecified atom stereocenters. The molecule has 0 amide bonds. The lowest BCUT2D eigenvalue weighted by Gasteiger charge is -2.11. The molecule has 3 aromatic rings. The number of H-pyrrole nitrogens is 1. The minimum atomic E-state index is -0.637. The summed E-state index contributed by atoms with van der Waals surface area (Å²) in [7, 11) is 0. The highest BCUT2D eigenvalue weighted by Gasteiger charge is 2.10. The number of nitrogens with two attached hydrogens (primary N) is 1. The van der Waals surface area contributed by atoms with E-state index in [0.29, 0.717) is 27.2 Å². The van der Waals surface area contributed by atoms with Crippen LogP contribution in [0.25, 0.3) is 11.5 Å². The second-order valence-electron chi connectivity index (χ2n) is 4.59. The van der Waals surface area contributed by atoms with Gasteiger partial charge in [-0.2, -0.15) is 0 Å². The number of ether oxygens (including phenoxy) is 1. The molecule has 0 saturated heterocycles. The SMILES string of the molecule is Nc1cc(Cl)cc(Cl)c1OCc1ccc(-c2noc(=O)[nH]2)nc1. The van der Waals surface area contributed by atoms with Gasteiger partial charge in [-0.15, -0.1) is 0 Å². The first-order valence-electron chi connectivity index (χ1n) is 6.41. The zero-order valence-electron chi connectivity index (χ0n) is 11.5. The fourth-order valence-corrected chi connectivity index (χ4v) is 2.44.